The summed E-state index contributed by atoms with van der Waals surface area (Å²) >= 11 is 3.32. The lowest BCUT2D eigenvalue weighted by atomic mass is 10.1. The summed E-state index contributed by atoms with van der Waals surface area (Å²) in [6, 6.07) is 13.3. The Hall–Kier alpha value is -2.39. The van der Waals surface area contributed by atoms with Crippen molar-refractivity contribution >= 4 is 49.1 Å². The van der Waals surface area contributed by atoms with Crippen molar-refractivity contribution in [1.82, 2.24) is 5.32 Å². The highest BCUT2D eigenvalue weighted by Crippen LogP contribution is 2.27. The molecule has 2 rings (SSSR count). The number of carbonyl (C=O) groups is 2. The fourth-order valence-corrected chi connectivity index (χ4v) is 4.03. The molecule has 0 aliphatic rings. The molecular weight excluding hydrogens is 458 g/mol. The number of carbonyl (C=O) groups excluding carboxylic acids is 2. The highest BCUT2D eigenvalue weighted by Gasteiger charge is 2.23. The number of rotatable bonds is 8. The summed E-state index contributed by atoms with van der Waals surface area (Å²) in [5.41, 5.74) is 0.986. The van der Waals surface area contributed by atoms with Gasteiger partial charge in [-0.2, -0.15) is 0 Å². The molecule has 29 heavy (non-hydrogen) atoms. The molecule has 1 atom stereocenters. The fourth-order valence-electron chi connectivity index (χ4n) is 2.55. The van der Waals surface area contributed by atoms with Crippen molar-refractivity contribution in [2.24, 2.45) is 0 Å². The molecule has 0 aliphatic carbocycles. The third kappa shape index (κ3) is 6.30. The average molecular weight is 482 g/mol. The number of benzene rings is 2. The van der Waals surface area contributed by atoms with Gasteiger partial charge in [-0.3, -0.25) is 13.9 Å². The summed E-state index contributed by atoms with van der Waals surface area (Å²) in [6.45, 7) is 3.42. The summed E-state index contributed by atoms with van der Waals surface area (Å²) < 4.78 is 26.1. The Balaban J connectivity index is 2.24. The summed E-state index contributed by atoms with van der Waals surface area (Å²) in [5.74, 6) is -0.865. The third-order valence-corrected chi connectivity index (χ3v) is 6.04. The molecule has 0 saturated heterocycles. The van der Waals surface area contributed by atoms with Crippen LogP contribution in [0.15, 0.2) is 53.0 Å². The Bertz CT molecular complexity index is 995. The minimum Gasteiger partial charge on any atom is -0.350 e. The van der Waals surface area contributed by atoms with E-state index in [0.717, 1.165) is 17.0 Å². The summed E-state index contributed by atoms with van der Waals surface area (Å²) in [4.78, 5) is 25.1. The molecule has 156 valence electrons. The van der Waals surface area contributed by atoms with E-state index < -0.39 is 22.5 Å². The van der Waals surface area contributed by atoms with Crippen LogP contribution >= 0.6 is 15.9 Å². The highest BCUT2D eigenvalue weighted by atomic mass is 79.9. The number of hydrogen-bond donors (Lipinski definition) is 2. The van der Waals surface area contributed by atoms with Gasteiger partial charge in [0.15, 0.2) is 0 Å². The van der Waals surface area contributed by atoms with Crippen LogP contribution in [0.1, 0.15) is 30.6 Å². The Morgan fingerprint density at radius 3 is 2.34 bits per heavy atom. The van der Waals surface area contributed by atoms with Crippen molar-refractivity contribution in [3.8, 4) is 0 Å². The number of amides is 2. The molecule has 0 spiro atoms. The molecular formula is C20H24BrN3O4S. The van der Waals surface area contributed by atoms with Crippen LogP contribution < -0.4 is 14.9 Å². The molecule has 2 amide bonds. The molecule has 2 aromatic rings. The number of hydrogen-bond acceptors (Lipinski definition) is 4. The van der Waals surface area contributed by atoms with Crippen LogP contribution in [0.3, 0.4) is 0 Å². The monoisotopic (exact) mass is 481 g/mol. The van der Waals surface area contributed by atoms with Gasteiger partial charge in [0.05, 0.1) is 23.2 Å². The van der Waals surface area contributed by atoms with E-state index in [1.54, 1.807) is 48.5 Å². The molecule has 0 bridgehead atoms. The highest BCUT2D eigenvalue weighted by molar-refractivity contribution is 9.10. The topological polar surface area (TPSA) is 95.6 Å². The SMILES string of the molecule is CCC(C)NC(=O)c1ccccc1NC(=O)CN(c1ccccc1Br)S(C)(=O)=O. The molecule has 0 aliphatic heterocycles. The van der Waals surface area contributed by atoms with Gasteiger partial charge in [-0.15, -0.1) is 0 Å². The van der Waals surface area contributed by atoms with Crippen molar-refractivity contribution in [3.63, 3.8) is 0 Å². The molecule has 1 unspecified atom stereocenters. The molecule has 0 aromatic heterocycles. The van der Waals surface area contributed by atoms with E-state index in [1.165, 1.54) is 0 Å². The van der Waals surface area contributed by atoms with E-state index in [1.807, 2.05) is 13.8 Å². The van der Waals surface area contributed by atoms with Crippen LogP contribution in [0.2, 0.25) is 0 Å². The van der Waals surface area contributed by atoms with Crippen molar-refractivity contribution in [2.45, 2.75) is 26.3 Å². The van der Waals surface area contributed by atoms with Crippen LogP contribution in [-0.4, -0.2) is 39.1 Å². The van der Waals surface area contributed by atoms with Gasteiger partial charge in [0.25, 0.3) is 5.91 Å². The van der Waals surface area contributed by atoms with E-state index in [4.69, 9.17) is 0 Å². The first-order chi connectivity index (χ1) is 13.6. The zero-order valence-electron chi connectivity index (χ0n) is 16.5. The number of nitrogens with zero attached hydrogens (tertiary/aromatic N) is 1. The van der Waals surface area contributed by atoms with E-state index in [-0.39, 0.29) is 11.9 Å². The van der Waals surface area contributed by atoms with Gasteiger partial charge in [-0.1, -0.05) is 31.2 Å². The Kier molecular flexibility index (Phi) is 7.80. The number of para-hydroxylation sites is 2. The molecule has 0 saturated carbocycles. The van der Waals surface area contributed by atoms with Gasteiger partial charge in [-0.25, -0.2) is 8.42 Å². The van der Waals surface area contributed by atoms with Crippen LogP contribution in [-0.2, 0) is 14.8 Å². The zero-order chi connectivity index (χ0) is 21.6. The van der Waals surface area contributed by atoms with Crippen molar-refractivity contribution < 1.29 is 18.0 Å². The van der Waals surface area contributed by atoms with Crippen molar-refractivity contribution in [3.05, 3.63) is 58.6 Å². The second-order valence-corrected chi connectivity index (χ2v) is 9.36. The minimum atomic E-state index is -3.71. The van der Waals surface area contributed by atoms with Gasteiger partial charge >= 0.3 is 0 Å². The second kappa shape index (κ2) is 9.89. The molecule has 0 fully saturated rings. The van der Waals surface area contributed by atoms with E-state index in [9.17, 15) is 18.0 Å². The number of anilines is 2. The van der Waals surface area contributed by atoms with Crippen molar-refractivity contribution in [2.75, 3.05) is 22.4 Å². The Morgan fingerprint density at radius 2 is 1.72 bits per heavy atom. The van der Waals surface area contributed by atoms with E-state index in [0.29, 0.717) is 21.4 Å². The fraction of sp³-hybridized carbons (Fsp3) is 0.300. The predicted molar refractivity (Wildman–Crippen MR) is 119 cm³/mol. The maximum Gasteiger partial charge on any atom is 0.253 e. The zero-order valence-corrected chi connectivity index (χ0v) is 18.9. The van der Waals surface area contributed by atoms with Crippen LogP contribution in [0.25, 0.3) is 0 Å². The first-order valence-electron chi connectivity index (χ1n) is 9.05. The minimum absolute atomic E-state index is 0.0117. The summed E-state index contributed by atoms with van der Waals surface area (Å²) in [7, 11) is -3.71. The summed E-state index contributed by atoms with van der Waals surface area (Å²) in [5, 5.41) is 5.51. The van der Waals surface area contributed by atoms with Gasteiger partial charge in [0.2, 0.25) is 15.9 Å². The molecule has 7 nitrogen and oxygen atoms in total. The molecule has 2 N–H and O–H groups in total. The standard InChI is InChI=1S/C20H24BrN3O4S/c1-4-14(2)22-20(26)15-9-5-7-11-17(15)23-19(25)13-24(29(3,27)28)18-12-8-6-10-16(18)21/h5-12,14H,4,13H2,1-3H3,(H,22,26)(H,23,25). The third-order valence-electron chi connectivity index (χ3n) is 4.24. The largest absolute Gasteiger partial charge is 0.350 e. The van der Waals surface area contributed by atoms with Gasteiger partial charge in [0, 0.05) is 10.5 Å². The second-order valence-electron chi connectivity index (χ2n) is 6.60. The lowest BCUT2D eigenvalue weighted by molar-refractivity contribution is -0.114. The molecule has 9 heteroatoms. The number of nitrogens with one attached hydrogen (secondary N) is 2. The lowest BCUT2D eigenvalue weighted by Crippen LogP contribution is -2.38. The average Bonchev–Trinajstić information content (AvgIpc) is 2.66. The van der Waals surface area contributed by atoms with Crippen LogP contribution in [0.5, 0.6) is 0 Å². The van der Waals surface area contributed by atoms with Crippen molar-refractivity contribution in [1.29, 1.82) is 0 Å². The smallest absolute Gasteiger partial charge is 0.253 e. The van der Waals surface area contributed by atoms with Crippen LogP contribution in [0.4, 0.5) is 11.4 Å². The number of sulfonamides is 1. The summed E-state index contributed by atoms with van der Waals surface area (Å²) in [6.07, 6.45) is 1.81. The first-order valence-corrected chi connectivity index (χ1v) is 11.7. The van der Waals surface area contributed by atoms with Crippen LogP contribution in [0, 0.1) is 0 Å². The van der Waals surface area contributed by atoms with E-state index >= 15 is 0 Å². The van der Waals surface area contributed by atoms with E-state index in [2.05, 4.69) is 26.6 Å². The lowest BCUT2D eigenvalue weighted by Gasteiger charge is -2.23. The quantitative estimate of drug-likeness (QED) is 0.603. The van der Waals surface area contributed by atoms with Gasteiger partial charge in [-0.05, 0) is 53.5 Å². The number of halogens is 1. The first kappa shape index (κ1) is 22.9. The Morgan fingerprint density at radius 1 is 1.10 bits per heavy atom. The maximum atomic E-state index is 12.6. The maximum absolute atomic E-state index is 12.6. The molecule has 0 heterocycles. The van der Waals surface area contributed by atoms with Gasteiger partial charge in [0.1, 0.15) is 6.54 Å². The molecule has 0 radical (unpaired) electrons. The van der Waals surface area contributed by atoms with Gasteiger partial charge < -0.3 is 10.6 Å². The predicted octanol–water partition coefficient (Wildman–Crippen LogP) is 3.38. The molecule has 2 aromatic carbocycles. The Labute approximate surface area is 179 Å². The normalized spacial score (nSPS) is 12.1.